The number of alkyl halides is 2. The van der Waals surface area contributed by atoms with Crippen LogP contribution in [-0.4, -0.2) is 12.5 Å². The van der Waals surface area contributed by atoms with Crippen molar-refractivity contribution >= 4 is 0 Å². The molecule has 0 radical (unpaired) electrons. The second-order valence-electron chi connectivity index (χ2n) is 1.87. The van der Waals surface area contributed by atoms with Crippen LogP contribution in [0.1, 0.15) is 19.8 Å². The van der Waals surface area contributed by atoms with Crippen LogP contribution in [0.25, 0.3) is 0 Å². The second-order valence-corrected chi connectivity index (χ2v) is 1.87. The van der Waals surface area contributed by atoms with Gasteiger partial charge >= 0.3 is 0 Å². The molecule has 2 atom stereocenters. The largest absolute Gasteiger partial charge is 0.302 e. The first kappa shape index (κ1) is 7.82. The summed E-state index contributed by atoms with van der Waals surface area (Å²) in [4.78, 5) is 0. The van der Waals surface area contributed by atoms with Crippen molar-refractivity contribution in [1.82, 2.24) is 0 Å². The van der Waals surface area contributed by atoms with Gasteiger partial charge in [0.1, 0.15) is 6.30 Å². The fraction of sp³-hybridized carbons (Fsp3) is 1.00. The smallest absolute Gasteiger partial charge is 0.148 e. The summed E-state index contributed by atoms with van der Waals surface area (Å²) < 4.78 is 23.5. The van der Waals surface area contributed by atoms with E-state index in [1.54, 1.807) is 0 Å². The Bertz CT molecular complexity index is 46.4. The van der Waals surface area contributed by atoms with Crippen molar-refractivity contribution in [2.45, 2.75) is 32.2 Å². The van der Waals surface area contributed by atoms with E-state index in [0.717, 1.165) is 0 Å². The molecule has 0 aliphatic heterocycles. The van der Waals surface area contributed by atoms with Gasteiger partial charge in [0.15, 0.2) is 0 Å². The Kier molecular flexibility index (Phi) is 3.69. The molecule has 0 saturated carbocycles. The van der Waals surface area contributed by atoms with Crippen LogP contribution in [0.15, 0.2) is 0 Å². The van der Waals surface area contributed by atoms with E-state index in [9.17, 15) is 8.78 Å². The van der Waals surface area contributed by atoms with Gasteiger partial charge in [0.2, 0.25) is 0 Å². The third kappa shape index (κ3) is 5.82. The van der Waals surface area contributed by atoms with Crippen LogP contribution in [0.4, 0.5) is 8.78 Å². The molecule has 0 aromatic rings. The molecule has 0 aromatic carbocycles. The lowest BCUT2D eigenvalue weighted by molar-refractivity contribution is 0.265. The first-order valence-electron chi connectivity index (χ1n) is 2.66. The predicted molar refractivity (Wildman–Crippen MR) is 28.9 cm³/mol. The van der Waals surface area contributed by atoms with Crippen molar-refractivity contribution < 1.29 is 8.78 Å². The van der Waals surface area contributed by atoms with Crippen LogP contribution in [0, 0.1) is 0 Å². The zero-order valence-electron chi connectivity index (χ0n) is 4.90. The molecule has 0 heterocycles. The Labute approximate surface area is 47.9 Å². The summed E-state index contributed by atoms with van der Waals surface area (Å²) in [5, 5.41) is 0. The molecule has 0 fully saturated rings. The second kappa shape index (κ2) is 3.78. The third-order valence-corrected chi connectivity index (χ3v) is 0.840. The average Bonchev–Trinajstić information content (AvgIpc) is 1.61. The van der Waals surface area contributed by atoms with E-state index in [-0.39, 0.29) is 12.8 Å². The Hall–Kier alpha value is -0.180. The van der Waals surface area contributed by atoms with Crippen LogP contribution >= 0.6 is 0 Å². The first-order valence-corrected chi connectivity index (χ1v) is 2.66. The summed E-state index contributed by atoms with van der Waals surface area (Å²) in [6, 6.07) is 0. The number of rotatable bonds is 3. The van der Waals surface area contributed by atoms with Gasteiger partial charge < -0.3 is 5.73 Å². The van der Waals surface area contributed by atoms with E-state index in [1.807, 2.05) is 0 Å². The molecular formula is C5H11F2N. The molecular weight excluding hydrogens is 112 g/mol. The summed E-state index contributed by atoms with van der Waals surface area (Å²) in [5.41, 5.74) is 4.71. The van der Waals surface area contributed by atoms with Crippen molar-refractivity contribution in [2.24, 2.45) is 5.73 Å². The van der Waals surface area contributed by atoms with E-state index in [1.165, 1.54) is 6.92 Å². The van der Waals surface area contributed by atoms with E-state index < -0.39 is 12.5 Å². The van der Waals surface area contributed by atoms with Crippen molar-refractivity contribution in [1.29, 1.82) is 0 Å². The molecule has 1 unspecified atom stereocenters. The highest BCUT2D eigenvalue weighted by atomic mass is 19.1. The van der Waals surface area contributed by atoms with Crippen molar-refractivity contribution in [3.05, 3.63) is 0 Å². The summed E-state index contributed by atoms with van der Waals surface area (Å²) in [6.45, 7) is 1.39. The SMILES string of the molecule is CC(F)CC[C@H](N)F. The predicted octanol–water partition coefficient (Wildman–Crippen LogP) is 1.38. The molecule has 0 aliphatic rings. The quantitative estimate of drug-likeness (QED) is 0.563. The molecule has 1 nitrogen and oxygen atoms in total. The molecule has 0 spiro atoms. The summed E-state index contributed by atoms with van der Waals surface area (Å²) in [7, 11) is 0. The minimum absolute atomic E-state index is 0.123. The lowest BCUT2D eigenvalue weighted by Crippen LogP contribution is -2.14. The van der Waals surface area contributed by atoms with Crippen molar-refractivity contribution in [3.63, 3.8) is 0 Å². The molecule has 3 heteroatoms. The van der Waals surface area contributed by atoms with E-state index >= 15 is 0 Å². The molecule has 0 amide bonds. The normalized spacial score (nSPS) is 18.0. The Morgan fingerprint density at radius 1 is 1.38 bits per heavy atom. The minimum Gasteiger partial charge on any atom is -0.302 e. The van der Waals surface area contributed by atoms with Crippen molar-refractivity contribution in [3.8, 4) is 0 Å². The van der Waals surface area contributed by atoms with Gasteiger partial charge in [-0.1, -0.05) is 0 Å². The van der Waals surface area contributed by atoms with Crippen LogP contribution in [0.3, 0.4) is 0 Å². The molecule has 0 saturated heterocycles. The maximum atomic E-state index is 11.8. The average molecular weight is 123 g/mol. The molecule has 0 bridgehead atoms. The Morgan fingerprint density at radius 2 is 1.88 bits per heavy atom. The highest BCUT2D eigenvalue weighted by Crippen LogP contribution is 2.02. The molecule has 2 N–H and O–H groups in total. The summed E-state index contributed by atoms with van der Waals surface area (Å²) in [5.74, 6) is 0. The maximum Gasteiger partial charge on any atom is 0.148 e. The van der Waals surface area contributed by atoms with E-state index in [4.69, 9.17) is 5.73 Å². The number of halogens is 2. The van der Waals surface area contributed by atoms with Gasteiger partial charge in [0.05, 0.1) is 6.17 Å². The fourth-order valence-corrected chi connectivity index (χ4v) is 0.389. The zero-order chi connectivity index (χ0) is 6.57. The number of hydrogen-bond donors (Lipinski definition) is 1. The van der Waals surface area contributed by atoms with Crippen LogP contribution in [0.5, 0.6) is 0 Å². The van der Waals surface area contributed by atoms with E-state index in [2.05, 4.69) is 0 Å². The monoisotopic (exact) mass is 123 g/mol. The zero-order valence-corrected chi connectivity index (χ0v) is 4.90. The van der Waals surface area contributed by atoms with Gasteiger partial charge in [-0.3, -0.25) is 0 Å². The molecule has 50 valence electrons. The fourth-order valence-electron chi connectivity index (χ4n) is 0.389. The van der Waals surface area contributed by atoms with Gasteiger partial charge in [0.25, 0.3) is 0 Å². The van der Waals surface area contributed by atoms with Gasteiger partial charge in [-0.2, -0.15) is 0 Å². The Morgan fingerprint density at radius 3 is 2.00 bits per heavy atom. The lowest BCUT2D eigenvalue weighted by Gasteiger charge is -2.00. The molecule has 0 aliphatic carbocycles. The van der Waals surface area contributed by atoms with Crippen LogP contribution in [0.2, 0.25) is 0 Å². The van der Waals surface area contributed by atoms with Crippen LogP contribution < -0.4 is 5.73 Å². The first-order chi connectivity index (χ1) is 3.63. The minimum atomic E-state index is -1.35. The number of nitrogens with two attached hydrogens (primary N) is 1. The lowest BCUT2D eigenvalue weighted by atomic mass is 10.2. The maximum absolute atomic E-state index is 11.8. The molecule has 8 heavy (non-hydrogen) atoms. The summed E-state index contributed by atoms with van der Waals surface area (Å²) >= 11 is 0. The topological polar surface area (TPSA) is 26.0 Å². The van der Waals surface area contributed by atoms with Gasteiger partial charge in [-0.25, -0.2) is 8.78 Å². The van der Waals surface area contributed by atoms with Crippen molar-refractivity contribution in [2.75, 3.05) is 0 Å². The molecule has 0 rings (SSSR count). The third-order valence-electron chi connectivity index (χ3n) is 0.840. The van der Waals surface area contributed by atoms with E-state index in [0.29, 0.717) is 0 Å². The van der Waals surface area contributed by atoms with Gasteiger partial charge in [-0.15, -0.1) is 0 Å². The van der Waals surface area contributed by atoms with Gasteiger partial charge in [-0.05, 0) is 19.8 Å². The highest BCUT2D eigenvalue weighted by molar-refractivity contribution is 4.51. The summed E-state index contributed by atoms with van der Waals surface area (Å²) in [6.07, 6.45) is -1.94. The standard InChI is InChI=1S/C5H11F2N/c1-4(6)2-3-5(7)8/h4-5H,2-3,8H2,1H3/t4?,5-/m0/s1. The number of hydrogen-bond acceptors (Lipinski definition) is 1. The van der Waals surface area contributed by atoms with Crippen LogP contribution in [-0.2, 0) is 0 Å². The highest BCUT2D eigenvalue weighted by Gasteiger charge is 2.01. The Balaban J connectivity index is 2.93. The molecule has 0 aromatic heterocycles. The van der Waals surface area contributed by atoms with Gasteiger partial charge in [0, 0.05) is 0 Å².